The maximum absolute atomic E-state index is 12.9. The summed E-state index contributed by atoms with van der Waals surface area (Å²) in [5, 5.41) is 10.2. The van der Waals surface area contributed by atoms with E-state index < -0.39 is 0 Å². The standard InChI is InChI=1S/C37H41ClN10O4/c1-22-29(21-47(3)45-22)34-43-32-33(30(38)19-41-35(32)44-34)52-27-6-4-24(5-7-27)36(50)40-12-15-46(2)20-23-10-13-48(14-11-23)26-16-25(17-39-18-26)28-8-9-31(49)42-37(28)51/h4-7,16-19,21,23,28H,8-15,20H2,1-3H3,(H,40,50)(H,41,43,44)(H,42,49,51)/t28-/m0/s1. The largest absolute Gasteiger partial charge is 0.453 e. The minimum atomic E-state index is -0.339. The van der Waals surface area contributed by atoms with Gasteiger partial charge in [-0.1, -0.05) is 11.6 Å². The molecule has 4 aromatic heterocycles. The van der Waals surface area contributed by atoms with Crippen LogP contribution in [-0.2, 0) is 16.6 Å². The van der Waals surface area contributed by atoms with E-state index in [-0.39, 0.29) is 23.6 Å². The molecule has 3 N–H and O–H groups in total. The van der Waals surface area contributed by atoms with Gasteiger partial charge in [0.05, 0.1) is 35.3 Å². The number of imide groups is 1. The molecule has 6 heterocycles. The molecule has 0 saturated carbocycles. The average Bonchev–Trinajstić information content (AvgIpc) is 3.72. The summed E-state index contributed by atoms with van der Waals surface area (Å²) in [6.45, 7) is 5.91. The van der Waals surface area contributed by atoms with Crippen LogP contribution in [0.4, 0.5) is 5.69 Å². The monoisotopic (exact) mass is 724 g/mol. The van der Waals surface area contributed by atoms with E-state index in [4.69, 9.17) is 16.3 Å². The number of nitrogens with one attached hydrogen (secondary N) is 3. The van der Waals surface area contributed by atoms with Crippen molar-refractivity contribution in [1.82, 2.24) is 45.2 Å². The summed E-state index contributed by atoms with van der Waals surface area (Å²) in [6.07, 6.45) is 9.90. The average molecular weight is 725 g/mol. The van der Waals surface area contributed by atoms with Gasteiger partial charge in [-0.25, -0.2) is 9.97 Å². The molecule has 0 aliphatic carbocycles. The van der Waals surface area contributed by atoms with Gasteiger partial charge < -0.3 is 24.8 Å². The molecule has 0 bridgehead atoms. The topological polar surface area (TPSA) is 163 Å². The Morgan fingerprint density at radius 3 is 2.63 bits per heavy atom. The van der Waals surface area contributed by atoms with Crippen molar-refractivity contribution < 1.29 is 19.1 Å². The van der Waals surface area contributed by atoms with Crippen LogP contribution >= 0.6 is 11.6 Å². The van der Waals surface area contributed by atoms with Gasteiger partial charge >= 0.3 is 0 Å². The lowest BCUT2D eigenvalue weighted by Gasteiger charge is -2.35. The highest BCUT2D eigenvalue weighted by Gasteiger charge is 2.29. The number of anilines is 1. The lowest BCUT2D eigenvalue weighted by molar-refractivity contribution is -0.134. The number of H-pyrrole nitrogens is 1. The van der Waals surface area contributed by atoms with Gasteiger partial charge in [-0.2, -0.15) is 5.10 Å². The van der Waals surface area contributed by atoms with Gasteiger partial charge in [-0.3, -0.25) is 29.4 Å². The number of likely N-dealkylation sites (N-methyl/N-ethyl adjacent to an activating group) is 1. The first-order chi connectivity index (χ1) is 25.1. The lowest BCUT2D eigenvalue weighted by Crippen LogP contribution is -2.40. The van der Waals surface area contributed by atoms with Gasteiger partial charge in [0.1, 0.15) is 22.1 Å². The van der Waals surface area contributed by atoms with Crippen LogP contribution < -0.4 is 20.3 Å². The Bertz CT molecular complexity index is 2110. The van der Waals surface area contributed by atoms with E-state index in [2.05, 4.69) is 52.5 Å². The molecule has 1 aromatic carbocycles. The Morgan fingerprint density at radius 2 is 1.90 bits per heavy atom. The van der Waals surface area contributed by atoms with E-state index in [0.29, 0.717) is 64.4 Å². The molecule has 2 aliphatic rings. The van der Waals surface area contributed by atoms with E-state index >= 15 is 0 Å². The molecule has 270 valence electrons. The summed E-state index contributed by atoms with van der Waals surface area (Å²) >= 11 is 6.50. The third-order valence-corrected chi connectivity index (χ3v) is 10.0. The first kappa shape index (κ1) is 35.1. The Hall–Kier alpha value is -5.34. The predicted molar refractivity (Wildman–Crippen MR) is 196 cm³/mol. The fourth-order valence-corrected chi connectivity index (χ4v) is 7.13. The summed E-state index contributed by atoms with van der Waals surface area (Å²) < 4.78 is 7.89. The van der Waals surface area contributed by atoms with E-state index in [0.717, 1.165) is 61.5 Å². The molecule has 0 unspecified atom stereocenters. The smallest absolute Gasteiger partial charge is 0.251 e. The Morgan fingerprint density at radius 1 is 1.12 bits per heavy atom. The van der Waals surface area contributed by atoms with Gasteiger partial charge in [0, 0.05) is 64.1 Å². The Balaban J connectivity index is 0.867. The van der Waals surface area contributed by atoms with Crippen LogP contribution in [0.1, 0.15) is 53.2 Å². The van der Waals surface area contributed by atoms with Crippen LogP contribution in [0.2, 0.25) is 5.02 Å². The second kappa shape index (κ2) is 15.1. The zero-order valence-electron chi connectivity index (χ0n) is 29.4. The summed E-state index contributed by atoms with van der Waals surface area (Å²) in [5.41, 5.74) is 5.12. The van der Waals surface area contributed by atoms with Gasteiger partial charge in [0.25, 0.3) is 5.91 Å². The van der Waals surface area contributed by atoms with Crippen molar-refractivity contribution in [2.45, 2.75) is 38.5 Å². The van der Waals surface area contributed by atoms with Crippen molar-refractivity contribution in [1.29, 1.82) is 0 Å². The maximum Gasteiger partial charge on any atom is 0.251 e. The highest BCUT2D eigenvalue weighted by atomic mass is 35.5. The summed E-state index contributed by atoms with van der Waals surface area (Å²) in [5.74, 6) is 1.12. The van der Waals surface area contributed by atoms with Gasteiger partial charge in [0.2, 0.25) is 11.8 Å². The number of hydrogen-bond acceptors (Lipinski definition) is 10. The van der Waals surface area contributed by atoms with Crippen LogP contribution in [-0.4, -0.2) is 92.1 Å². The van der Waals surface area contributed by atoms with Crippen molar-refractivity contribution in [2.24, 2.45) is 13.0 Å². The highest BCUT2D eigenvalue weighted by molar-refractivity contribution is 6.32. The number of hydrogen-bond donors (Lipinski definition) is 3. The molecule has 5 aromatic rings. The molecule has 0 radical (unpaired) electrons. The fourth-order valence-electron chi connectivity index (χ4n) is 6.95. The second-order valence-electron chi connectivity index (χ2n) is 13.6. The summed E-state index contributed by atoms with van der Waals surface area (Å²) in [4.78, 5) is 58.1. The number of fused-ring (bicyclic) bond motifs is 1. The Labute approximate surface area is 305 Å². The number of aryl methyl sites for hydroxylation is 2. The van der Waals surface area contributed by atoms with Gasteiger partial charge in [-0.15, -0.1) is 0 Å². The zero-order valence-corrected chi connectivity index (χ0v) is 30.1. The second-order valence-corrected chi connectivity index (χ2v) is 14.0. The zero-order chi connectivity index (χ0) is 36.4. The first-order valence-electron chi connectivity index (χ1n) is 17.4. The molecule has 3 amide bonds. The number of piperidine rings is 2. The molecule has 0 spiro atoms. The number of aromatic nitrogens is 6. The number of rotatable bonds is 11. The van der Waals surface area contributed by atoms with Crippen molar-refractivity contribution in [3.8, 4) is 22.9 Å². The fraction of sp³-hybridized carbons (Fsp3) is 0.378. The van der Waals surface area contributed by atoms with E-state index in [1.807, 2.05) is 32.4 Å². The molecule has 52 heavy (non-hydrogen) atoms. The summed E-state index contributed by atoms with van der Waals surface area (Å²) in [7, 11) is 3.94. The molecular formula is C37H41ClN10O4. The third-order valence-electron chi connectivity index (χ3n) is 9.75. The minimum Gasteiger partial charge on any atom is -0.453 e. The molecule has 1 atom stereocenters. The normalized spacial score (nSPS) is 16.8. The number of aromatic amines is 1. The number of amides is 3. The number of carbonyl (C=O) groups is 3. The molecule has 2 saturated heterocycles. The quantitative estimate of drug-likeness (QED) is 0.164. The van der Waals surface area contributed by atoms with Gasteiger partial charge in [-0.05, 0) is 75.0 Å². The van der Waals surface area contributed by atoms with Crippen molar-refractivity contribution in [2.75, 3.05) is 44.7 Å². The first-order valence-corrected chi connectivity index (χ1v) is 17.8. The molecule has 14 nitrogen and oxygen atoms in total. The number of nitrogens with zero attached hydrogens (tertiary/aromatic N) is 7. The van der Waals surface area contributed by atoms with Crippen molar-refractivity contribution in [3.05, 3.63) is 77.0 Å². The molecule has 2 fully saturated rings. The van der Waals surface area contributed by atoms with E-state index in [9.17, 15) is 14.4 Å². The SMILES string of the molecule is Cc1nn(C)cc1-c1nc2ncc(Cl)c(Oc3ccc(C(=O)NCCN(C)CC4CCN(c5cncc([C@@H]6CCC(=O)NC6=O)c5)CC4)cc3)c2[nH]1. The number of pyridine rings is 2. The van der Waals surface area contributed by atoms with Crippen LogP contribution in [0.5, 0.6) is 11.5 Å². The highest BCUT2D eigenvalue weighted by Crippen LogP contribution is 2.36. The summed E-state index contributed by atoms with van der Waals surface area (Å²) in [6, 6.07) is 8.96. The number of ether oxygens (including phenoxy) is 1. The number of carbonyl (C=O) groups excluding carboxylic acids is 3. The molecular weight excluding hydrogens is 684 g/mol. The molecule has 15 heteroatoms. The van der Waals surface area contributed by atoms with E-state index in [1.165, 1.54) is 6.20 Å². The predicted octanol–water partition coefficient (Wildman–Crippen LogP) is 4.61. The van der Waals surface area contributed by atoms with Crippen LogP contribution in [0.15, 0.2) is 55.1 Å². The molecule has 2 aliphatic heterocycles. The van der Waals surface area contributed by atoms with Crippen LogP contribution in [0.25, 0.3) is 22.6 Å². The van der Waals surface area contributed by atoms with E-state index in [1.54, 1.807) is 35.1 Å². The number of imidazole rings is 1. The van der Waals surface area contributed by atoms with Crippen LogP contribution in [0, 0.1) is 12.8 Å². The minimum absolute atomic E-state index is 0.157. The Kier molecular flexibility index (Phi) is 10.2. The number of halogens is 1. The molecule has 7 rings (SSSR count). The van der Waals surface area contributed by atoms with Crippen molar-refractivity contribution in [3.63, 3.8) is 0 Å². The van der Waals surface area contributed by atoms with Crippen molar-refractivity contribution >= 4 is 46.2 Å². The van der Waals surface area contributed by atoms with Crippen LogP contribution in [0.3, 0.4) is 0 Å². The number of benzene rings is 1. The van der Waals surface area contributed by atoms with Gasteiger partial charge in [0.15, 0.2) is 11.4 Å². The lowest BCUT2D eigenvalue weighted by atomic mass is 9.91. The third kappa shape index (κ3) is 7.77. The maximum atomic E-state index is 12.9.